The summed E-state index contributed by atoms with van der Waals surface area (Å²) in [5.41, 5.74) is 0.897. The van der Waals surface area contributed by atoms with Gasteiger partial charge in [0.2, 0.25) is 0 Å². The molecule has 0 aromatic carbocycles. The van der Waals surface area contributed by atoms with Crippen molar-refractivity contribution in [2.75, 3.05) is 6.26 Å². The van der Waals surface area contributed by atoms with E-state index in [1.807, 2.05) is 0 Å². The Bertz CT molecular complexity index is 233. The van der Waals surface area contributed by atoms with Crippen LogP contribution in [-0.4, -0.2) is 15.7 Å². The maximum atomic E-state index is 2.47. The van der Waals surface area contributed by atoms with Crippen LogP contribution >= 0.6 is 0 Å². The summed E-state index contributed by atoms with van der Waals surface area (Å²) in [5.74, 6) is 0. The van der Waals surface area contributed by atoms with E-state index in [1.165, 1.54) is 6.42 Å². The van der Waals surface area contributed by atoms with Crippen molar-refractivity contribution in [3.63, 3.8) is 0 Å². The van der Waals surface area contributed by atoms with Crippen molar-refractivity contribution in [1.29, 1.82) is 0 Å². The summed E-state index contributed by atoms with van der Waals surface area (Å²) in [6.07, 6.45) is 3.81. The molecule has 1 heterocycles. The zero-order valence-electron chi connectivity index (χ0n) is 12.1. The van der Waals surface area contributed by atoms with E-state index in [0.29, 0.717) is 31.2 Å². The lowest BCUT2D eigenvalue weighted by Crippen LogP contribution is -2.64. The van der Waals surface area contributed by atoms with E-state index in [4.69, 9.17) is 0 Å². The lowest BCUT2D eigenvalue weighted by molar-refractivity contribution is 0.104. The van der Waals surface area contributed by atoms with Crippen molar-refractivity contribution < 1.29 is 0 Å². The van der Waals surface area contributed by atoms with Crippen LogP contribution in [0.5, 0.6) is 0 Å². The molecule has 1 saturated heterocycles. The van der Waals surface area contributed by atoms with Crippen molar-refractivity contribution >= 4 is 10.9 Å². The highest BCUT2D eigenvalue weighted by Crippen LogP contribution is 2.59. The standard InChI is InChI=1S/C14H29S/c1-11(2)10-12(3,4)14(7,8)15(9)13(11,5)6/h10H2,1-9H3/q+1. The molecule has 0 aliphatic carbocycles. The van der Waals surface area contributed by atoms with Crippen molar-refractivity contribution in [3.05, 3.63) is 0 Å². The van der Waals surface area contributed by atoms with Crippen LogP contribution < -0.4 is 0 Å². The molecule has 0 bridgehead atoms. The molecule has 0 unspecified atom stereocenters. The van der Waals surface area contributed by atoms with Gasteiger partial charge in [-0.25, -0.2) is 0 Å². The van der Waals surface area contributed by atoms with Crippen LogP contribution in [0.3, 0.4) is 0 Å². The molecular formula is C14H29S+. The maximum Gasteiger partial charge on any atom is 0.127 e. The third kappa shape index (κ3) is 1.66. The van der Waals surface area contributed by atoms with Crippen LogP contribution in [0, 0.1) is 10.8 Å². The van der Waals surface area contributed by atoms with Gasteiger partial charge in [0, 0.05) is 10.8 Å². The van der Waals surface area contributed by atoms with Crippen molar-refractivity contribution in [2.24, 2.45) is 10.8 Å². The molecule has 0 spiro atoms. The molecule has 1 aliphatic rings. The molecule has 1 fully saturated rings. The summed E-state index contributed by atoms with van der Waals surface area (Å²) in [6.45, 7) is 19.7. The molecule has 0 atom stereocenters. The van der Waals surface area contributed by atoms with Crippen LogP contribution in [-0.2, 0) is 10.9 Å². The molecule has 1 rings (SSSR count). The molecule has 0 aromatic heterocycles. The lowest BCUT2D eigenvalue weighted by atomic mass is 9.64. The Labute approximate surface area is 99.6 Å². The van der Waals surface area contributed by atoms with E-state index < -0.39 is 0 Å². The van der Waals surface area contributed by atoms with Gasteiger partial charge >= 0.3 is 0 Å². The SMILES string of the molecule is C[S+]1C(C)(C)C(C)(C)CC(C)(C)C1(C)C. The Morgan fingerprint density at radius 2 is 0.933 bits per heavy atom. The number of rotatable bonds is 0. The minimum Gasteiger partial charge on any atom is -0.0548 e. The van der Waals surface area contributed by atoms with Gasteiger partial charge < -0.3 is 0 Å². The fraction of sp³-hybridized carbons (Fsp3) is 1.00. The van der Waals surface area contributed by atoms with Crippen molar-refractivity contribution in [3.8, 4) is 0 Å². The molecule has 1 heteroatoms. The number of hydrogen-bond donors (Lipinski definition) is 0. The highest BCUT2D eigenvalue weighted by molar-refractivity contribution is 7.98. The first-order chi connectivity index (χ1) is 6.36. The summed E-state index contributed by atoms with van der Waals surface area (Å²) in [7, 11) is 0.450. The molecule has 0 radical (unpaired) electrons. The summed E-state index contributed by atoms with van der Waals surface area (Å²) in [4.78, 5) is 0. The maximum absolute atomic E-state index is 2.47. The predicted molar refractivity (Wildman–Crippen MR) is 73.6 cm³/mol. The van der Waals surface area contributed by atoms with E-state index in [9.17, 15) is 0 Å². The van der Waals surface area contributed by atoms with Gasteiger partial charge in [0.1, 0.15) is 9.49 Å². The van der Waals surface area contributed by atoms with Crippen molar-refractivity contribution in [2.45, 2.75) is 71.3 Å². The topological polar surface area (TPSA) is 0 Å². The normalized spacial score (nSPS) is 32.6. The van der Waals surface area contributed by atoms with E-state index in [0.717, 1.165) is 0 Å². The van der Waals surface area contributed by atoms with Gasteiger partial charge in [0.15, 0.2) is 0 Å². The Kier molecular flexibility index (Phi) is 2.85. The smallest absolute Gasteiger partial charge is 0.0548 e. The number of hydrogen-bond acceptors (Lipinski definition) is 0. The van der Waals surface area contributed by atoms with E-state index in [-0.39, 0.29) is 0 Å². The van der Waals surface area contributed by atoms with Gasteiger partial charge in [-0.05, 0) is 45.0 Å². The molecule has 0 N–H and O–H groups in total. The summed E-state index contributed by atoms with van der Waals surface area (Å²) < 4.78 is 0.901. The summed E-state index contributed by atoms with van der Waals surface area (Å²) in [5, 5.41) is 0. The average Bonchev–Trinajstić information content (AvgIpc) is 1.98. The Morgan fingerprint density at radius 1 is 0.667 bits per heavy atom. The molecule has 0 saturated carbocycles. The second kappa shape index (κ2) is 3.18. The zero-order chi connectivity index (χ0) is 12.3. The molecule has 0 nitrogen and oxygen atoms in total. The third-order valence-corrected chi connectivity index (χ3v) is 9.84. The minimum atomic E-state index is 0.448. The van der Waals surface area contributed by atoms with E-state index >= 15 is 0 Å². The first-order valence-electron chi connectivity index (χ1n) is 6.02. The Morgan fingerprint density at radius 3 is 1.20 bits per heavy atom. The van der Waals surface area contributed by atoms with Gasteiger partial charge in [-0.2, -0.15) is 0 Å². The highest BCUT2D eigenvalue weighted by Gasteiger charge is 2.65. The monoisotopic (exact) mass is 229 g/mol. The van der Waals surface area contributed by atoms with E-state index in [2.05, 4.69) is 61.6 Å². The predicted octanol–water partition coefficient (Wildman–Crippen LogP) is 4.25. The first kappa shape index (κ1) is 13.4. The molecule has 1 aliphatic heterocycles. The quantitative estimate of drug-likeness (QED) is 0.545. The lowest BCUT2D eigenvalue weighted by Gasteiger charge is -2.57. The highest BCUT2D eigenvalue weighted by atomic mass is 32.2. The van der Waals surface area contributed by atoms with Gasteiger partial charge in [0.25, 0.3) is 0 Å². The third-order valence-electron chi connectivity index (χ3n) is 5.67. The fourth-order valence-electron chi connectivity index (χ4n) is 3.00. The second-order valence-electron chi connectivity index (χ2n) is 7.48. The van der Waals surface area contributed by atoms with Crippen LogP contribution in [0.4, 0.5) is 0 Å². The summed E-state index contributed by atoms with van der Waals surface area (Å²) >= 11 is 0. The van der Waals surface area contributed by atoms with Gasteiger partial charge in [-0.3, -0.25) is 0 Å². The van der Waals surface area contributed by atoms with Gasteiger partial charge in [-0.1, -0.05) is 27.7 Å². The van der Waals surface area contributed by atoms with Crippen molar-refractivity contribution in [1.82, 2.24) is 0 Å². The van der Waals surface area contributed by atoms with E-state index in [1.54, 1.807) is 0 Å². The van der Waals surface area contributed by atoms with Gasteiger partial charge in [0.05, 0.1) is 6.26 Å². The van der Waals surface area contributed by atoms with Crippen LogP contribution in [0.25, 0.3) is 0 Å². The minimum absolute atomic E-state index is 0.448. The summed E-state index contributed by atoms with van der Waals surface area (Å²) in [6, 6.07) is 0. The molecule has 0 aromatic rings. The zero-order valence-corrected chi connectivity index (χ0v) is 12.9. The Hall–Kier alpha value is 0.350. The molecule has 15 heavy (non-hydrogen) atoms. The first-order valence-corrected chi connectivity index (χ1v) is 7.66. The van der Waals surface area contributed by atoms with Crippen LogP contribution in [0.2, 0.25) is 0 Å². The van der Waals surface area contributed by atoms with Crippen LogP contribution in [0.15, 0.2) is 0 Å². The average molecular weight is 229 g/mol. The largest absolute Gasteiger partial charge is 0.127 e. The van der Waals surface area contributed by atoms with Gasteiger partial charge in [-0.15, -0.1) is 0 Å². The molecular weight excluding hydrogens is 200 g/mol. The fourth-order valence-corrected chi connectivity index (χ4v) is 6.08. The van der Waals surface area contributed by atoms with Crippen LogP contribution in [0.1, 0.15) is 61.8 Å². The second-order valence-corrected chi connectivity index (χ2v) is 10.5. The molecule has 0 amide bonds. The molecule has 90 valence electrons. The Balaban J connectivity index is 3.24.